The highest BCUT2D eigenvalue weighted by Gasteiger charge is 2.25. The minimum atomic E-state index is -4.86. The van der Waals surface area contributed by atoms with E-state index in [2.05, 4.69) is 19.2 Å². The topological polar surface area (TPSA) is 178 Å². The Labute approximate surface area is 391 Å². The molecule has 1 aromatic carbocycles. The van der Waals surface area contributed by atoms with Crippen LogP contribution in [0.25, 0.3) is 0 Å². The van der Waals surface area contributed by atoms with Crippen LogP contribution in [0.15, 0.2) is 36.4 Å². The molecule has 0 fully saturated rings. The van der Waals surface area contributed by atoms with Crippen LogP contribution in [-0.4, -0.2) is 62.1 Å². The van der Waals surface area contributed by atoms with E-state index in [1.807, 2.05) is 0 Å². The van der Waals surface area contributed by atoms with Gasteiger partial charge in [0.15, 0.2) is 6.10 Å². The lowest BCUT2D eigenvalue weighted by atomic mass is 10.0. The second-order valence-electron chi connectivity index (χ2n) is 17.6. The summed E-state index contributed by atoms with van der Waals surface area (Å²) in [7, 11) is -4.86. The normalized spacial score (nSPS) is 13.9. The molecule has 0 aliphatic carbocycles. The van der Waals surface area contributed by atoms with Crippen LogP contribution in [0.1, 0.15) is 212 Å². The van der Waals surface area contributed by atoms with Crippen LogP contribution in [0.3, 0.4) is 0 Å². The molecule has 14 heteroatoms. The zero-order valence-electron chi connectivity index (χ0n) is 40.2. The number of anilines is 1. The molecule has 0 aromatic heterocycles. The van der Waals surface area contributed by atoms with Gasteiger partial charge in [-0.15, -0.1) is 0 Å². The highest BCUT2D eigenvalue weighted by molar-refractivity contribution is 7.45. The third kappa shape index (κ3) is 30.5. The van der Waals surface area contributed by atoms with Crippen LogP contribution in [0, 0.1) is 0 Å². The number of carbonyl (C=O) groups is 5. The van der Waals surface area contributed by atoms with E-state index >= 15 is 0 Å². The van der Waals surface area contributed by atoms with Crippen molar-refractivity contribution in [2.45, 2.75) is 219 Å². The average Bonchev–Trinajstić information content (AvgIpc) is 3.63. The number of hydrogen-bond donors (Lipinski definition) is 1. The van der Waals surface area contributed by atoms with E-state index in [4.69, 9.17) is 18.5 Å². The molecule has 0 radical (unpaired) electrons. The van der Waals surface area contributed by atoms with Crippen LogP contribution in [0.5, 0.6) is 0 Å². The van der Waals surface area contributed by atoms with Gasteiger partial charge in [0.05, 0.1) is 18.9 Å². The number of phosphoric acid groups is 1. The Morgan fingerprint density at radius 1 is 0.585 bits per heavy atom. The minimum absolute atomic E-state index is 0.0800. The number of hydrogen-bond acceptors (Lipinski definition) is 11. The molecule has 0 spiro atoms. The van der Waals surface area contributed by atoms with Crippen molar-refractivity contribution in [3.63, 3.8) is 0 Å². The first-order valence-electron chi connectivity index (χ1n) is 25.4. The Hall–Kier alpha value is -3.38. The van der Waals surface area contributed by atoms with Gasteiger partial charge in [0.1, 0.15) is 6.61 Å². The summed E-state index contributed by atoms with van der Waals surface area (Å²) in [6.45, 7) is 3.11. The van der Waals surface area contributed by atoms with Crippen LogP contribution < -0.4 is 15.1 Å². The molecule has 1 aromatic rings. The molecule has 1 aliphatic heterocycles. The molecular formula is C51H84N2O11P-. The molecule has 2 rings (SSSR count). The molecular weight excluding hydrogens is 848 g/mol. The van der Waals surface area contributed by atoms with Crippen LogP contribution >= 0.6 is 7.82 Å². The SMILES string of the molecule is CCCCCCCCCCCCCCCC(=O)OCC(COP(=O)([O-])OCCNC(=O)CCCc1ccc(N2C(=O)C=CC2=O)cc1)OC(=O)CCCCCCCCCCCCCCC. The number of nitrogens with zero attached hydrogens (tertiary/aromatic N) is 1. The molecule has 0 bridgehead atoms. The number of aryl methyl sites for hydroxylation is 1. The fraction of sp³-hybridized carbons (Fsp3) is 0.745. The summed E-state index contributed by atoms with van der Waals surface area (Å²) in [6.07, 6.45) is 33.8. The van der Waals surface area contributed by atoms with E-state index < -0.39 is 44.3 Å². The summed E-state index contributed by atoms with van der Waals surface area (Å²) < 4.78 is 33.6. The van der Waals surface area contributed by atoms with Gasteiger partial charge in [0, 0.05) is 38.0 Å². The van der Waals surface area contributed by atoms with E-state index in [9.17, 15) is 33.4 Å². The Morgan fingerprint density at radius 2 is 1.03 bits per heavy atom. The summed E-state index contributed by atoms with van der Waals surface area (Å²) in [6, 6.07) is 6.95. The lowest BCUT2D eigenvalue weighted by Crippen LogP contribution is -2.31. The van der Waals surface area contributed by atoms with Crippen LogP contribution in [-0.2, 0) is 53.5 Å². The van der Waals surface area contributed by atoms with E-state index in [-0.39, 0.29) is 44.9 Å². The van der Waals surface area contributed by atoms with Crippen molar-refractivity contribution >= 4 is 43.2 Å². The van der Waals surface area contributed by atoms with E-state index in [0.717, 1.165) is 49.0 Å². The van der Waals surface area contributed by atoms with Crippen LogP contribution in [0.4, 0.5) is 5.69 Å². The molecule has 13 nitrogen and oxygen atoms in total. The van der Waals surface area contributed by atoms with Gasteiger partial charge in [0.2, 0.25) is 5.91 Å². The predicted octanol–water partition coefficient (Wildman–Crippen LogP) is 11.5. The summed E-state index contributed by atoms with van der Waals surface area (Å²) in [4.78, 5) is 75.2. The Morgan fingerprint density at radius 3 is 1.51 bits per heavy atom. The number of unbranched alkanes of at least 4 members (excludes halogenated alkanes) is 24. The lowest BCUT2D eigenvalue weighted by molar-refractivity contribution is -0.228. The minimum Gasteiger partial charge on any atom is -0.756 e. The van der Waals surface area contributed by atoms with E-state index in [0.29, 0.717) is 31.4 Å². The van der Waals surface area contributed by atoms with Crippen molar-refractivity contribution in [1.29, 1.82) is 0 Å². The Bertz CT molecular complexity index is 1520. The van der Waals surface area contributed by atoms with Crippen molar-refractivity contribution in [2.75, 3.05) is 31.3 Å². The Balaban J connectivity index is 1.68. The van der Waals surface area contributed by atoms with Gasteiger partial charge in [-0.3, -0.25) is 28.5 Å². The summed E-state index contributed by atoms with van der Waals surface area (Å²) in [5.74, 6) is -2.02. The number of carbonyl (C=O) groups excluding carboxylic acids is 5. The van der Waals surface area contributed by atoms with Gasteiger partial charge in [-0.1, -0.05) is 180 Å². The number of phosphoric ester groups is 1. The number of amides is 3. The van der Waals surface area contributed by atoms with Gasteiger partial charge in [0.25, 0.3) is 19.6 Å². The summed E-state index contributed by atoms with van der Waals surface area (Å²) >= 11 is 0. The van der Waals surface area contributed by atoms with Crippen molar-refractivity contribution in [3.8, 4) is 0 Å². The van der Waals surface area contributed by atoms with Crippen molar-refractivity contribution in [2.24, 2.45) is 0 Å². The van der Waals surface area contributed by atoms with Gasteiger partial charge in [-0.05, 0) is 43.4 Å². The van der Waals surface area contributed by atoms with Crippen molar-refractivity contribution < 1.29 is 52.0 Å². The van der Waals surface area contributed by atoms with Crippen LogP contribution in [0.2, 0.25) is 0 Å². The maximum atomic E-state index is 12.8. The smallest absolute Gasteiger partial charge is 0.306 e. The maximum absolute atomic E-state index is 12.8. The molecule has 0 saturated heterocycles. The molecule has 1 N–H and O–H groups in total. The zero-order valence-corrected chi connectivity index (χ0v) is 41.1. The Kier molecular flexibility index (Phi) is 33.5. The zero-order chi connectivity index (χ0) is 47.2. The molecule has 65 heavy (non-hydrogen) atoms. The fourth-order valence-electron chi connectivity index (χ4n) is 7.76. The number of ether oxygens (including phenoxy) is 2. The van der Waals surface area contributed by atoms with Gasteiger partial charge >= 0.3 is 11.9 Å². The van der Waals surface area contributed by atoms with Gasteiger partial charge in [-0.25, -0.2) is 4.90 Å². The highest BCUT2D eigenvalue weighted by atomic mass is 31.2. The quantitative estimate of drug-likeness (QED) is 0.0285. The first-order chi connectivity index (χ1) is 31.5. The molecule has 2 unspecified atom stereocenters. The summed E-state index contributed by atoms with van der Waals surface area (Å²) in [5, 5.41) is 2.62. The number of imide groups is 1. The monoisotopic (exact) mass is 932 g/mol. The maximum Gasteiger partial charge on any atom is 0.306 e. The number of nitrogens with one attached hydrogen (secondary N) is 1. The molecule has 3 amide bonds. The largest absolute Gasteiger partial charge is 0.756 e. The van der Waals surface area contributed by atoms with Gasteiger partial charge in [-0.2, -0.15) is 0 Å². The summed E-state index contributed by atoms with van der Waals surface area (Å²) in [5.41, 5.74) is 1.40. The number of rotatable bonds is 43. The van der Waals surface area contributed by atoms with Crippen molar-refractivity contribution in [1.82, 2.24) is 5.32 Å². The molecule has 1 aliphatic rings. The third-order valence-corrected chi connectivity index (χ3v) is 12.6. The highest BCUT2D eigenvalue weighted by Crippen LogP contribution is 2.38. The second kappa shape index (κ2) is 37.7. The first-order valence-corrected chi connectivity index (χ1v) is 26.9. The predicted molar refractivity (Wildman–Crippen MR) is 255 cm³/mol. The lowest BCUT2D eigenvalue weighted by Gasteiger charge is -2.25. The van der Waals surface area contributed by atoms with E-state index in [1.54, 1.807) is 24.3 Å². The standard InChI is InChI=1S/C51H85N2O11P/c1-3-5-7-9-11-13-15-17-19-21-23-25-27-32-50(57)61-42-46(64-51(58)33-28-26-24-22-20-18-16-14-12-10-8-6-4-2)43-63-65(59,60)62-41-40-52-47(54)31-29-30-44-34-36-45(37-35-44)53-48(55)38-39-49(53)56/h34-39,46H,3-33,40-43H2,1-2H3,(H,52,54)(H,59,60)/p-1. The molecule has 1 heterocycles. The van der Waals surface area contributed by atoms with E-state index in [1.165, 1.54) is 128 Å². The average molecular weight is 932 g/mol. The first kappa shape index (κ1) is 57.7. The molecule has 370 valence electrons. The molecule has 0 saturated carbocycles. The second-order valence-corrected chi connectivity index (χ2v) is 19.0. The fourth-order valence-corrected chi connectivity index (χ4v) is 8.50. The van der Waals surface area contributed by atoms with Crippen molar-refractivity contribution in [3.05, 3.63) is 42.0 Å². The number of benzene rings is 1. The number of esters is 2. The third-order valence-electron chi connectivity index (χ3n) is 11.7. The molecule has 2 atom stereocenters. The van der Waals surface area contributed by atoms with Gasteiger partial charge < -0.3 is 28.7 Å².